The highest BCUT2D eigenvalue weighted by atomic mass is 16.7. The molecule has 0 aromatic heterocycles. The van der Waals surface area contributed by atoms with E-state index in [0.717, 1.165) is 18.4 Å². The number of ether oxygens (including phenoxy) is 3. The van der Waals surface area contributed by atoms with Crippen LogP contribution in [0, 0.1) is 5.92 Å². The first-order valence-corrected chi connectivity index (χ1v) is 9.92. The molecule has 0 spiro atoms. The van der Waals surface area contributed by atoms with E-state index in [2.05, 4.69) is 25.7 Å². The number of carbonyl (C=O) groups excluding carboxylic acids is 2. The Hall–Kier alpha value is -1.92. The molecule has 6 heteroatoms. The molecule has 1 N–H and O–H groups in total. The molecule has 6 nitrogen and oxygen atoms in total. The largest absolute Gasteiger partial charge is 0.463 e. The van der Waals surface area contributed by atoms with Gasteiger partial charge in [0.2, 0.25) is 0 Å². The van der Waals surface area contributed by atoms with Crippen molar-refractivity contribution in [3.63, 3.8) is 0 Å². The van der Waals surface area contributed by atoms with Crippen LogP contribution in [-0.4, -0.2) is 41.1 Å². The third-order valence-electron chi connectivity index (χ3n) is 6.04. The Labute approximate surface area is 166 Å². The van der Waals surface area contributed by atoms with Crippen LogP contribution in [0.1, 0.15) is 59.3 Å². The topological polar surface area (TPSA) is 82.1 Å². The summed E-state index contributed by atoms with van der Waals surface area (Å²) in [7, 11) is 0. The molecule has 0 radical (unpaired) electrons. The number of aliphatic hydroxyl groups is 1. The number of carbonyl (C=O) groups is 2. The van der Waals surface area contributed by atoms with Gasteiger partial charge in [0, 0.05) is 24.8 Å². The minimum absolute atomic E-state index is 0.0720. The van der Waals surface area contributed by atoms with Crippen molar-refractivity contribution in [1.82, 2.24) is 0 Å². The van der Waals surface area contributed by atoms with Crippen molar-refractivity contribution in [2.24, 2.45) is 5.92 Å². The number of hydrogen-bond donors (Lipinski definition) is 1. The summed E-state index contributed by atoms with van der Waals surface area (Å²) in [4.78, 5) is 24.0. The van der Waals surface area contributed by atoms with Crippen molar-refractivity contribution < 1.29 is 28.9 Å². The summed E-state index contributed by atoms with van der Waals surface area (Å²) in [5.41, 5.74) is 1.40. The molecule has 3 aliphatic heterocycles. The van der Waals surface area contributed by atoms with E-state index >= 15 is 0 Å². The molecular weight excluding hydrogens is 360 g/mol. The van der Waals surface area contributed by atoms with Gasteiger partial charge in [-0.3, -0.25) is 4.79 Å². The molecule has 0 aromatic carbocycles. The van der Waals surface area contributed by atoms with E-state index in [1.807, 2.05) is 6.92 Å². The van der Waals surface area contributed by atoms with E-state index in [0.29, 0.717) is 19.3 Å². The summed E-state index contributed by atoms with van der Waals surface area (Å²) in [6, 6.07) is 0. The maximum absolute atomic E-state index is 12.4. The van der Waals surface area contributed by atoms with Crippen LogP contribution in [0.25, 0.3) is 0 Å². The van der Waals surface area contributed by atoms with Gasteiger partial charge >= 0.3 is 11.9 Å². The summed E-state index contributed by atoms with van der Waals surface area (Å²) >= 11 is 0. The number of rotatable bonds is 2. The van der Waals surface area contributed by atoms with Crippen LogP contribution < -0.4 is 0 Å². The molecule has 0 saturated carbocycles. The van der Waals surface area contributed by atoms with Crippen molar-refractivity contribution >= 4 is 11.9 Å². The standard InChI is InChI=1S/C22H30O6/c1-14-7-5-8-15(2)12-22(25)18-11-19(27-20(24)16(18)3)21(28-22,10-6-9-14)13-26-17(4)23/h8-9,18-19,25H,3,5-7,10-13H2,1-2,4H3/b14-9-,15-8+/t18-,19-,21+,22+/m1/s1. The Morgan fingerprint density at radius 1 is 1.32 bits per heavy atom. The summed E-state index contributed by atoms with van der Waals surface area (Å²) in [6.45, 7) is 9.14. The first-order valence-electron chi connectivity index (χ1n) is 9.92. The minimum Gasteiger partial charge on any atom is -0.463 e. The lowest BCUT2D eigenvalue weighted by Crippen LogP contribution is -2.66. The van der Waals surface area contributed by atoms with Crippen LogP contribution in [0.15, 0.2) is 35.5 Å². The predicted octanol–water partition coefficient (Wildman–Crippen LogP) is 3.35. The van der Waals surface area contributed by atoms with E-state index in [4.69, 9.17) is 14.2 Å². The number of allylic oxidation sites excluding steroid dienone is 3. The molecule has 28 heavy (non-hydrogen) atoms. The van der Waals surface area contributed by atoms with Crippen molar-refractivity contribution in [1.29, 1.82) is 0 Å². The van der Waals surface area contributed by atoms with Crippen LogP contribution in [0.4, 0.5) is 0 Å². The van der Waals surface area contributed by atoms with Crippen LogP contribution in [-0.2, 0) is 23.8 Å². The van der Waals surface area contributed by atoms with Gasteiger partial charge < -0.3 is 19.3 Å². The zero-order chi connectivity index (χ0) is 20.5. The summed E-state index contributed by atoms with van der Waals surface area (Å²) in [6.07, 6.45) is 7.28. The Kier molecular flexibility index (Phi) is 5.82. The fraction of sp³-hybridized carbons (Fsp3) is 0.636. The molecule has 2 saturated heterocycles. The SMILES string of the molecule is C=C1C(=O)O[C@@H]2C[C@H]1[C@]1(O)C/C(C)=C/CC/C(C)=C\CC[C@@]2(COC(C)=O)O1. The van der Waals surface area contributed by atoms with Gasteiger partial charge in [-0.25, -0.2) is 4.79 Å². The minimum atomic E-state index is -1.59. The third-order valence-corrected chi connectivity index (χ3v) is 6.04. The summed E-state index contributed by atoms with van der Waals surface area (Å²) in [5.74, 6) is -3.10. The lowest BCUT2D eigenvalue weighted by molar-refractivity contribution is -0.351. The highest BCUT2D eigenvalue weighted by molar-refractivity contribution is 5.89. The van der Waals surface area contributed by atoms with Crippen molar-refractivity contribution in [3.8, 4) is 0 Å². The zero-order valence-corrected chi connectivity index (χ0v) is 17.0. The lowest BCUT2D eigenvalue weighted by atomic mass is 9.72. The maximum Gasteiger partial charge on any atom is 0.334 e. The fourth-order valence-corrected chi connectivity index (χ4v) is 4.49. The van der Waals surface area contributed by atoms with Gasteiger partial charge in [0.25, 0.3) is 0 Å². The first-order chi connectivity index (χ1) is 13.2. The molecular formula is C22H30O6. The molecule has 3 rings (SSSR count). The van der Waals surface area contributed by atoms with E-state index in [9.17, 15) is 14.7 Å². The lowest BCUT2D eigenvalue weighted by Gasteiger charge is -2.55. The van der Waals surface area contributed by atoms with Crippen LogP contribution in [0.5, 0.6) is 0 Å². The van der Waals surface area contributed by atoms with Crippen molar-refractivity contribution in [2.75, 3.05) is 6.61 Å². The van der Waals surface area contributed by atoms with E-state index in [1.54, 1.807) is 0 Å². The number of fused-ring (bicyclic) bond motifs is 6. The second-order valence-electron chi connectivity index (χ2n) is 8.35. The maximum atomic E-state index is 12.4. The van der Waals surface area contributed by atoms with E-state index < -0.39 is 35.3 Å². The molecule has 4 bridgehead atoms. The highest BCUT2D eigenvalue weighted by Gasteiger charge is 2.61. The summed E-state index contributed by atoms with van der Waals surface area (Å²) in [5, 5.41) is 11.6. The Balaban J connectivity index is 2.04. The molecule has 3 heterocycles. The van der Waals surface area contributed by atoms with E-state index in [-0.39, 0.29) is 18.6 Å². The molecule has 4 atom stereocenters. The summed E-state index contributed by atoms with van der Waals surface area (Å²) < 4.78 is 17.3. The molecule has 0 aromatic rings. The Bertz CT molecular complexity index is 735. The molecule has 0 amide bonds. The van der Waals surface area contributed by atoms with Crippen LogP contribution in [0.3, 0.4) is 0 Å². The van der Waals surface area contributed by atoms with Crippen LogP contribution in [0.2, 0.25) is 0 Å². The molecule has 2 fully saturated rings. The monoisotopic (exact) mass is 390 g/mol. The molecule has 0 unspecified atom stereocenters. The second-order valence-corrected chi connectivity index (χ2v) is 8.35. The van der Waals surface area contributed by atoms with Gasteiger partial charge in [-0.15, -0.1) is 0 Å². The van der Waals surface area contributed by atoms with E-state index in [1.165, 1.54) is 12.5 Å². The predicted molar refractivity (Wildman–Crippen MR) is 103 cm³/mol. The smallest absolute Gasteiger partial charge is 0.334 e. The molecule has 154 valence electrons. The van der Waals surface area contributed by atoms with Gasteiger partial charge in [-0.2, -0.15) is 0 Å². The zero-order valence-electron chi connectivity index (χ0n) is 17.0. The Morgan fingerprint density at radius 2 is 2.04 bits per heavy atom. The van der Waals surface area contributed by atoms with Gasteiger partial charge in [0.1, 0.15) is 18.3 Å². The van der Waals surface area contributed by atoms with Crippen LogP contribution >= 0.6 is 0 Å². The Morgan fingerprint density at radius 3 is 2.75 bits per heavy atom. The van der Waals surface area contributed by atoms with Crippen molar-refractivity contribution in [3.05, 3.63) is 35.5 Å². The van der Waals surface area contributed by atoms with Crippen molar-refractivity contribution in [2.45, 2.75) is 76.8 Å². The third kappa shape index (κ3) is 4.08. The number of hydrogen-bond acceptors (Lipinski definition) is 6. The average molecular weight is 390 g/mol. The van der Waals surface area contributed by atoms with Gasteiger partial charge in [-0.1, -0.05) is 29.9 Å². The van der Waals surface area contributed by atoms with Gasteiger partial charge in [-0.05, 0) is 46.0 Å². The molecule has 0 aliphatic carbocycles. The van der Waals surface area contributed by atoms with Gasteiger partial charge in [0.15, 0.2) is 5.79 Å². The van der Waals surface area contributed by atoms with Gasteiger partial charge in [0.05, 0.1) is 0 Å². The normalized spacial score (nSPS) is 40.0. The highest BCUT2D eigenvalue weighted by Crippen LogP contribution is 2.50. The fourth-order valence-electron chi connectivity index (χ4n) is 4.49. The average Bonchev–Trinajstić information content (AvgIpc) is 2.60. The molecule has 3 aliphatic rings. The number of esters is 2. The quantitative estimate of drug-likeness (QED) is 0.442. The first kappa shape index (κ1) is 20.8. The second kappa shape index (κ2) is 7.84.